The van der Waals surface area contributed by atoms with Crippen molar-refractivity contribution in [3.8, 4) is 0 Å². The molecule has 2 rings (SSSR count). The van der Waals surface area contributed by atoms with Crippen LogP contribution >= 0.6 is 11.8 Å². The van der Waals surface area contributed by atoms with Gasteiger partial charge in [-0.05, 0) is 36.8 Å². The number of aliphatic carboxylic acids is 1. The molecule has 6 heteroatoms. The van der Waals surface area contributed by atoms with Gasteiger partial charge in [0.25, 0.3) is 0 Å². The van der Waals surface area contributed by atoms with Crippen LogP contribution in [0, 0.1) is 5.92 Å². The summed E-state index contributed by atoms with van der Waals surface area (Å²) in [5, 5.41) is 11.9. The number of likely N-dealkylation sites (tertiary alicyclic amines) is 1. The molecule has 21 heavy (non-hydrogen) atoms. The third kappa shape index (κ3) is 4.39. The zero-order valence-electron chi connectivity index (χ0n) is 12.0. The smallest absolute Gasteiger partial charge is 0.321 e. The van der Waals surface area contributed by atoms with Crippen molar-refractivity contribution in [3.63, 3.8) is 0 Å². The van der Waals surface area contributed by atoms with Gasteiger partial charge < -0.3 is 15.3 Å². The molecule has 0 spiro atoms. The molecule has 1 aliphatic rings. The average Bonchev–Trinajstić information content (AvgIpc) is 2.49. The maximum atomic E-state index is 12.2. The molecule has 1 aromatic carbocycles. The Kier molecular flexibility index (Phi) is 5.50. The Morgan fingerprint density at radius 2 is 2.10 bits per heavy atom. The van der Waals surface area contributed by atoms with Gasteiger partial charge >= 0.3 is 12.0 Å². The highest BCUT2D eigenvalue weighted by Crippen LogP contribution is 2.19. The van der Waals surface area contributed by atoms with Crippen LogP contribution in [-0.2, 0) is 10.5 Å². The first kappa shape index (κ1) is 15.7. The lowest BCUT2D eigenvalue weighted by atomic mass is 9.99. The lowest BCUT2D eigenvalue weighted by Gasteiger charge is -2.30. The maximum Gasteiger partial charge on any atom is 0.321 e. The Morgan fingerprint density at radius 3 is 2.71 bits per heavy atom. The highest BCUT2D eigenvalue weighted by Gasteiger charge is 2.28. The number of piperidine rings is 1. The van der Waals surface area contributed by atoms with E-state index in [4.69, 9.17) is 5.11 Å². The number of carboxylic acid groups (broad SMARTS) is 1. The van der Waals surface area contributed by atoms with Gasteiger partial charge in [0.2, 0.25) is 0 Å². The molecule has 0 aliphatic carbocycles. The number of urea groups is 1. The minimum atomic E-state index is -0.825. The SMILES string of the molecule is CSCc1ccc(NC(=O)N2CCCC(C(=O)O)C2)cc1. The summed E-state index contributed by atoms with van der Waals surface area (Å²) in [7, 11) is 0. The number of rotatable bonds is 4. The van der Waals surface area contributed by atoms with Crippen LogP contribution in [0.1, 0.15) is 18.4 Å². The third-order valence-electron chi connectivity index (χ3n) is 3.57. The number of hydrogen-bond acceptors (Lipinski definition) is 3. The van der Waals surface area contributed by atoms with E-state index in [1.807, 2.05) is 30.5 Å². The predicted octanol–water partition coefficient (Wildman–Crippen LogP) is 2.88. The largest absolute Gasteiger partial charge is 0.481 e. The number of amides is 2. The molecule has 1 aliphatic heterocycles. The van der Waals surface area contributed by atoms with Crippen LogP contribution < -0.4 is 5.32 Å². The van der Waals surface area contributed by atoms with Gasteiger partial charge in [-0.15, -0.1) is 0 Å². The van der Waals surface area contributed by atoms with Crippen molar-refractivity contribution in [3.05, 3.63) is 29.8 Å². The molecular weight excluding hydrogens is 288 g/mol. The van der Waals surface area contributed by atoms with E-state index in [-0.39, 0.29) is 12.6 Å². The van der Waals surface area contributed by atoms with Crippen LogP contribution in [0.2, 0.25) is 0 Å². The molecule has 1 aromatic rings. The molecule has 1 unspecified atom stereocenters. The molecule has 0 saturated carbocycles. The summed E-state index contributed by atoms with van der Waals surface area (Å²) in [4.78, 5) is 24.8. The van der Waals surface area contributed by atoms with E-state index < -0.39 is 11.9 Å². The van der Waals surface area contributed by atoms with Gasteiger partial charge in [-0.3, -0.25) is 4.79 Å². The standard InChI is InChI=1S/C15H20N2O3S/c1-21-10-11-4-6-13(7-5-11)16-15(20)17-8-2-3-12(9-17)14(18)19/h4-7,12H,2-3,8-10H2,1H3,(H,16,20)(H,18,19). The van der Waals surface area contributed by atoms with E-state index in [2.05, 4.69) is 5.32 Å². The van der Waals surface area contributed by atoms with Crippen LogP contribution in [0.3, 0.4) is 0 Å². The van der Waals surface area contributed by atoms with Crippen molar-refractivity contribution < 1.29 is 14.7 Å². The Balaban J connectivity index is 1.92. The van der Waals surface area contributed by atoms with Crippen molar-refractivity contribution >= 4 is 29.4 Å². The topological polar surface area (TPSA) is 69.6 Å². The average molecular weight is 308 g/mol. The fourth-order valence-electron chi connectivity index (χ4n) is 2.42. The second-order valence-electron chi connectivity index (χ2n) is 5.18. The number of nitrogens with one attached hydrogen (secondary N) is 1. The summed E-state index contributed by atoms with van der Waals surface area (Å²) >= 11 is 1.75. The van der Waals surface area contributed by atoms with Crippen LogP contribution in [-0.4, -0.2) is 41.4 Å². The molecule has 2 amide bonds. The van der Waals surface area contributed by atoms with Crippen molar-refractivity contribution in [1.82, 2.24) is 4.90 Å². The molecule has 1 heterocycles. The minimum absolute atomic E-state index is 0.224. The van der Waals surface area contributed by atoms with Gasteiger partial charge in [0.05, 0.1) is 5.92 Å². The predicted molar refractivity (Wildman–Crippen MR) is 84.6 cm³/mol. The van der Waals surface area contributed by atoms with E-state index in [0.29, 0.717) is 13.0 Å². The molecule has 1 saturated heterocycles. The van der Waals surface area contributed by atoms with Gasteiger partial charge in [0.1, 0.15) is 0 Å². The molecule has 2 N–H and O–H groups in total. The molecule has 114 valence electrons. The minimum Gasteiger partial charge on any atom is -0.481 e. The number of benzene rings is 1. The summed E-state index contributed by atoms with van der Waals surface area (Å²) in [6, 6.07) is 7.51. The number of hydrogen-bond donors (Lipinski definition) is 2. The molecule has 5 nitrogen and oxygen atoms in total. The summed E-state index contributed by atoms with van der Waals surface area (Å²) in [6.45, 7) is 0.895. The molecular formula is C15H20N2O3S. The number of carbonyl (C=O) groups excluding carboxylic acids is 1. The monoisotopic (exact) mass is 308 g/mol. The molecule has 1 atom stereocenters. The third-order valence-corrected chi connectivity index (χ3v) is 4.20. The first-order valence-electron chi connectivity index (χ1n) is 6.96. The normalized spacial score (nSPS) is 18.3. The van der Waals surface area contributed by atoms with Gasteiger partial charge in [0, 0.05) is 24.5 Å². The van der Waals surface area contributed by atoms with E-state index in [0.717, 1.165) is 17.9 Å². The Bertz CT molecular complexity index is 504. The summed E-state index contributed by atoms with van der Waals surface area (Å²) in [6.07, 6.45) is 3.42. The number of nitrogens with zero attached hydrogens (tertiary/aromatic N) is 1. The van der Waals surface area contributed by atoms with Crippen molar-refractivity contribution in [1.29, 1.82) is 0 Å². The van der Waals surface area contributed by atoms with E-state index in [9.17, 15) is 9.59 Å². The summed E-state index contributed by atoms with van der Waals surface area (Å²) in [5.41, 5.74) is 1.95. The Labute approximate surface area is 128 Å². The van der Waals surface area contributed by atoms with Gasteiger partial charge in [-0.1, -0.05) is 12.1 Å². The quantitative estimate of drug-likeness (QED) is 0.897. The Morgan fingerprint density at radius 1 is 1.38 bits per heavy atom. The first-order chi connectivity index (χ1) is 10.1. The van der Waals surface area contributed by atoms with Crippen LogP contribution in [0.15, 0.2) is 24.3 Å². The Hall–Kier alpha value is -1.69. The van der Waals surface area contributed by atoms with Crippen LogP contribution in [0.25, 0.3) is 0 Å². The van der Waals surface area contributed by atoms with E-state index >= 15 is 0 Å². The van der Waals surface area contributed by atoms with E-state index in [1.165, 1.54) is 5.56 Å². The summed E-state index contributed by atoms with van der Waals surface area (Å²) < 4.78 is 0. The molecule has 0 aromatic heterocycles. The van der Waals surface area contributed by atoms with Crippen molar-refractivity contribution in [2.75, 3.05) is 24.7 Å². The second kappa shape index (κ2) is 7.36. The van der Waals surface area contributed by atoms with Crippen LogP contribution in [0.5, 0.6) is 0 Å². The van der Waals surface area contributed by atoms with Gasteiger partial charge in [-0.25, -0.2) is 4.79 Å². The molecule has 1 fully saturated rings. The fraction of sp³-hybridized carbons (Fsp3) is 0.467. The van der Waals surface area contributed by atoms with Crippen molar-refractivity contribution in [2.24, 2.45) is 5.92 Å². The van der Waals surface area contributed by atoms with Gasteiger partial charge in [0.15, 0.2) is 0 Å². The lowest BCUT2D eigenvalue weighted by molar-refractivity contribution is -0.143. The zero-order chi connectivity index (χ0) is 15.2. The molecule has 0 radical (unpaired) electrons. The van der Waals surface area contributed by atoms with Gasteiger partial charge in [-0.2, -0.15) is 11.8 Å². The lowest BCUT2D eigenvalue weighted by Crippen LogP contribution is -2.44. The number of carbonyl (C=O) groups is 2. The van der Waals surface area contributed by atoms with Crippen molar-refractivity contribution in [2.45, 2.75) is 18.6 Å². The number of carboxylic acids is 1. The summed E-state index contributed by atoms with van der Waals surface area (Å²) in [5.74, 6) is -0.330. The highest BCUT2D eigenvalue weighted by molar-refractivity contribution is 7.97. The van der Waals surface area contributed by atoms with E-state index in [1.54, 1.807) is 16.7 Å². The molecule has 0 bridgehead atoms. The number of thioether (sulfide) groups is 1. The number of anilines is 1. The second-order valence-corrected chi connectivity index (χ2v) is 6.05. The zero-order valence-corrected chi connectivity index (χ0v) is 12.9. The highest BCUT2D eigenvalue weighted by atomic mass is 32.2. The first-order valence-corrected chi connectivity index (χ1v) is 8.36. The maximum absolute atomic E-state index is 12.2. The fourth-order valence-corrected chi connectivity index (χ4v) is 2.94. The van der Waals surface area contributed by atoms with Crippen LogP contribution in [0.4, 0.5) is 10.5 Å².